The van der Waals surface area contributed by atoms with E-state index in [-0.39, 0.29) is 11.2 Å². The van der Waals surface area contributed by atoms with Gasteiger partial charge in [-0.15, -0.1) is 0 Å². The fourth-order valence-corrected chi connectivity index (χ4v) is 0.939. The molecule has 0 spiro atoms. The third kappa shape index (κ3) is 4.05. The SMILES string of the molecule is C=CC(=O)C(C)(CC)OCC(C)(C)C. The van der Waals surface area contributed by atoms with Gasteiger partial charge in [0.15, 0.2) is 5.78 Å². The van der Waals surface area contributed by atoms with E-state index < -0.39 is 5.60 Å². The Morgan fingerprint density at radius 3 is 2.14 bits per heavy atom. The number of rotatable bonds is 5. The fraction of sp³-hybridized carbons (Fsp3) is 0.750. The molecule has 82 valence electrons. The van der Waals surface area contributed by atoms with Crippen molar-refractivity contribution < 1.29 is 9.53 Å². The van der Waals surface area contributed by atoms with E-state index in [0.717, 1.165) is 0 Å². The number of carbonyl (C=O) groups is 1. The van der Waals surface area contributed by atoms with Crippen LogP contribution in [0.15, 0.2) is 12.7 Å². The van der Waals surface area contributed by atoms with E-state index in [1.54, 1.807) is 0 Å². The molecule has 0 aromatic rings. The van der Waals surface area contributed by atoms with Gasteiger partial charge in [-0.2, -0.15) is 0 Å². The van der Waals surface area contributed by atoms with Gasteiger partial charge in [0.2, 0.25) is 0 Å². The summed E-state index contributed by atoms with van der Waals surface area (Å²) in [5.41, 5.74) is -0.618. The van der Waals surface area contributed by atoms with Crippen LogP contribution in [0.1, 0.15) is 41.0 Å². The van der Waals surface area contributed by atoms with Crippen molar-refractivity contribution in [2.75, 3.05) is 6.61 Å². The lowest BCUT2D eigenvalue weighted by atomic mass is 9.94. The minimum Gasteiger partial charge on any atom is -0.367 e. The van der Waals surface area contributed by atoms with Crippen LogP contribution in [0.2, 0.25) is 0 Å². The van der Waals surface area contributed by atoms with Crippen molar-refractivity contribution >= 4 is 5.78 Å². The van der Waals surface area contributed by atoms with Gasteiger partial charge in [-0.1, -0.05) is 34.3 Å². The second kappa shape index (κ2) is 4.74. The monoisotopic (exact) mass is 198 g/mol. The van der Waals surface area contributed by atoms with Crippen LogP contribution in [0.4, 0.5) is 0 Å². The van der Waals surface area contributed by atoms with Gasteiger partial charge in [-0.25, -0.2) is 0 Å². The Hall–Kier alpha value is -0.630. The molecule has 2 heteroatoms. The molecule has 0 saturated heterocycles. The number of ether oxygens (including phenoxy) is 1. The molecule has 2 nitrogen and oxygen atoms in total. The van der Waals surface area contributed by atoms with Gasteiger partial charge < -0.3 is 4.74 Å². The van der Waals surface area contributed by atoms with Gasteiger partial charge in [-0.05, 0) is 24.8 Å². The molecule has 1 unspecified atom stereocenters. The molecule has 0 saturated carbocycles. The van der Waals surface area contributed by atoms with E-state index in [1.165, 1.54) is 6.08 Å². The predicted molar refractivity (Wildman–Crippen MR) is 59.3 cm³/mol. The number of carbonyl (C=O) groups excluding carboxylic acids is 1. The lowest BCUT2D eigenvalue weighted by Crippen LogP contribution is -2.39. The van der Waals surface area contributed by atoms with Crippen molar-refractivity contribution in [2.24, 2.45) is 5.41 Å². The fourth-order valence-electron chi connectivity index (χ4n) is 0.939. The maximum atomic E-state index is 11.5. The lowest BCUT2D eigenvalue weighted by Gasteiger charge is -2.30. The summed E-state index contributed by atoms with van der Waals surface area (Å²) in [5, 5.41) is 0. The molecule has 14 heavy (non-hydrogen) atoms. The summed E-state index contributed by atoms with van der Waals surface area (Å²) in [5.74, 6) is -0.0377. The second-order valence-electron chi connectivity index (χ2n) is 5.00. The summed E-state index contributed by atoms with van der Waals surface area (Å²) in [7, 11) is 0. The van der Waals surface area contributed by atoms with Crippen LogP contribution in [0, 0.1) is 5.41 Å². The van der Waals surface area contributed by atoms with E-state index in [9.17, 15) is 4.79 Å². The minimum absolute atomic E-state index is 0.0377. The first-order valence-electron chi connectivity index (χ1n) is 5.06. The van der Waals surface area contributed by atoms with E-state index in [1.807, 2.05) is 13.8 Å². The Morgan fingerprint density at radius 1 is 1.36 bits per heavy atom. The first kappa shape index (κ1) is 13.4. The molecule has 0 bridgehead atoms. The van der Waals surface area contributed by atoms with Crippen LogP contribution in [-0.2, 0) is 9.53 Å². The van der Waals surface area contributed by atoms with Gasteiger partial charge in [0.25, 0.3) is 0 Å². The summed E-state index contributed by atoms with van der Waals surface area (Å²) in [4.78, 5) is 11.5. The number of hydrogen-bond donors (Lipinski definition) is 0. The van der Waals surface area contributed by atoms with Gasteiger partial charge in [0, 0.05) is 0 Å². The minimum atomic E-state index is -0.699. The zero-order valence-corrected chi connectivity index (χ0v) is 10.0. The van der Waals surface area contributed by atoms with E-state index >= 15 is 0 Å². The standard InChI is InChI=1S/C12H22O2/c1-7-10(13)12(6,8-2)14-9-11(3,4)5/h7H,1,8-9H2,2-6H3. The highest BCUT2D eigenvalue weighted by molar-refractivity contribution is 5.96. The topological polar surface area (TPSA) is 26.3 Å². The van der Waals surface area contributed by atoms with Gasteiger partial charge in [-0.3, -0.25) is 4.79 Å². The Labute approximate surface area is 87.3 Å². The molecular weight excluding hydrogens is 176 g/mol. The summed E-state index contributed by atoms with van der Waals surface area (Å²) in [6.45, 7) is 14.1. The maximum Gasteiger partial charge on any atom is 0.186 e. The number of hydrogen-bond acceptors (Lipinski definition) is 2. The van der Waals surface area contributed by atoms with Crippen LogP contribution in [0.25, 0.3) is 0 Å². The first-order chi connectivity index (χ1) is 6.25. The second-order valence-corrected chi connectivity index (χ2v) is 5.00. The Kier molecular flexibility index (Phi) is 4.53. The summed E-state index contributed by atoms with van der Waals surface area (Å²) in [6.07, 6.45) is 2.01. The zero-order valence-electron chi connectivity index (χ0n) is 10.0. The largest absolute Gasteiger partial charge is 0.367 e. The molecule has 0 aliphatic rings. The molecule has 0 aromatic heterocycles. The van der Waals surface area contributed by atoms with E-state index in [2.05, 4.69) is 27.4 Å². The summed E-state index contributed by atoms with van der Waals surface area (Å²) >= 11 is 0. The molecule has 0 amide bonds. The van der Waals surface area contributed by atoms with Gasteiger partial charge >= 0.3 is 0 Å². The molecule has 0 N–H and O–H groups in total. The third-order valence-corrected chi connectivity index (χ3v) is 2.21. The van der Waals surface area contributed by atoms with Gasteiger partial charge in [0.1, 0.15) is 5.60 Å². The molecule has 1 atom stereocenters. The van der Waals surface area contributed by atoms with E-state index in [4.69, 9.17) is 4.74 Å². The van der Waals surface area contributed by atoms with Crippen LogP contribution in [-0.4, -0.2) is 18.0 Å². The number of ketones is 1. The Morgan fingerprint density at radius 2 is 1.86 bits per heavy atom. The molecule has 0 aromatic carbocycles. The van der Waals surface area contributed by atoms with Gasteiger partial charge in [0.05, 0.1) is 6.61 Å². The highest BCUT2D eigenvalue weighted by Crippen LogP contribution is 2.22. The summed E-state index contributed by atoms with van der Waals surface area (Å²) in [6, 6.07) is 0. The maximum absolute atomic E-state index is 11.5. The molecule has 0 heterocycles. The molecule has 0 radical (unpaired) electrons. The molecule has 0 rings (SSSR count). The lowest BCUT2D eigenvalue weighted by molar-refractivity contribution is -0.141. The van der Waals surface area contributed by atoms with Crippen molar-refractivity contribution in [3.8, 4) is 0 Å². The molecule has 0 aliphatic heterocycles. The quantitative estimate of drug-likeness (QED) is 0.635. The van der Waals surface area contributed by atoms with Crippen LogP contribution < -0.4 is 0 Å². The third-order valence-electron chi connectivity index (χ3n) is 2.21. The van der Waals surface area contributed by atoms with Crippen LogP contribution >= 0.6 is 0 Å². The van der Waals surface area contributed by atoms with E-state index in [0.29, 0.717) is 13.0 Å². The zero-order chi connectivity index (χ0) is 11.4. The summed E-state index contributed by atoms with van der Waals surface area (Å²) < 4.78 is 5.68. The predicted octanol–water partition coefficient (Wildman–Crippen LogP) is 2.97. The van der Waals surface area contributed by atoms with Crippen molar-refractivity contribution in [1.82, 2.24) is 0 Å². The smallest absolute Gasteiger partial charge is 0.186 e. The molecule has 0 aliphatic carbocycles. The van der Waals surface area contributed by atoms with Crippen molar-refractivity contribution in [3.05, 3.63) is 12.7 Å². The van der Waals surface area contributed by atoms with Crippen molar-refractivity contribution in [3.63, 3.8) is 0 Å². The molecular formula is C12H22O2. The average molecular weight is 198 g/mol. The first-order valence-corrected chi connectivity index (χ1v) is 5.06. The highest BCUT2D eigenvalue weighted by atomic mass is 16.5. The Balaban J connectivity index is 4.41. The van der Waals surface area contributed by atoms with Crippen molar-refractivity contribution in [1.29, 1.82) is 0 Å². The van der Waals surface area contributed by atoms with Crippen LogP contribution in [0.3, 0.4) is 0 Å². The highest BCUT2D eigenvalue weighted by Gasteiger charge is 2.31. The molecule has 0 fully saturated rings. The Bertz CT molecular complexity index is 213. The van der Waals surface area contributed by atoms with Crippen LogP contribution in [0.5, 0.6) is 0 Å². The normalized spacial score (nSPS) is 16.1. The average Bonchev–Trinajstić information content (AvgIpc) is 2.11. The van der Waals surface area contributed by atoms with Crippen molar-refractivity contribution in [2.45, 2.75) is 46.6 Å².